The van der Waals surface area contributed by atoms with E-state index in [0.717, 1.165) is 12.1 Å². The first-order valence-corrected chi connectivity index (χ1v) is 7.77. The zero-order chi connectivity index (χ0) is 19.4. The molecule has 0 radical (unpaired) electrons. The molecule has 1 N–H and O–H groups in total. The van der Waals surface area contributed by atoms with Crippen LogP contribution in [0.25, 0.3) is 0 Å². The zero-order valence-electron chi connectivity index (χ0n) is 13.9. The normalized spacial score (nSPS) is 16.0. The summed E-state index contributed by atoms with van der Waals surface area (Å²) in [5.41, 5.74) is 0. The van der Waals surface area contributed by atoms with E-state index in [9.17, 15) is 18.0 Å². The number of aromatic nitrogens is 2. The summed E-state index contributed by atoms with van der Waals surface area (Å²) in [5, 5.41) is 2.74. The second-order valence-electron chi connectivity index (χ2n) is 5.58. The highest BCUT2D eigenvalue weighted by molar-refractivity contribution is 5.77. The lowest BCUT2D eigenvalue weighted by atomic mass is 10.3. The number of nitrogens with zero attached hydrogens (tertiary/aromatic N) is 3. The lowest BCUT2D eigenvalue weighted by Gasteiger charge is -2.24. The molecule has 0 bridgehead atoms. The van der Waals surface area contributed by atoms with Gasteiger partial charge in [0.2, 0.25) is 0 Å². The van der Waals surface area contributed by atoms with Gasteiger partial charge in [-0.15, -0.1) is 13.2 Å². The van der Waals surface area contributed by atoms with E-state index in [4.69, 9.17) is 9.47 Å². The van der Waals surface area contributed by atoms with Crippen LogP contribution < -0.4 is 19.5 Å². The number of rotatable bonds is 6. The molecule has 3 rings (SSSR count). The van der Waals surface area contributed by atoms with Gasteiger partial charge in [-0.3, -0.25) is 9.36 Å². The lowest BCUT2D eigenvalue weighted by molar-refractivity contribution is -0.274. The summed E-state index contributed by atoms with van der Waals surface area (Å²) in [7, 11) is 0. The van der Waals surface area contributed by atoms with Crippen LogP contribution in [0.3, 0.4) is 0 Å². The van der Waals surface area contributed by atoms with Crippen LogP contribution in [-0.4, -0.2) is 47.8 Å². The van der Waals surface area contributed by atoms with Crippen molar-refractivity contribution in [3.63, 3.8) is 0 Å². The molecule has 0 aliphatic carbocycles. The third-order valence-corrected chi connectivity index (χ3v) is 3.51. The van der Waals surface area contributed by atoms with Crippen molar-refractivity contribution >= 4 is 18.4 Å². The fraction of sp³-hybridized carbons (Fsp3) is 0.312. The first kappa shape index (κ1) is 18.5. The Hall–Kier alpha value is -3.24. The van der Waals surface area contributed by atoms with Crippen LogP contribution in [0.2, 0.25) is 0 Å². The van der Waals surface area contributed by atoms with Crippen molar-refractivity contribution in [1.29, 1.82) is 0 Å². The fourth-order valence-electron chi connectivity index (χ4n) is 2.42. The molecule has 11 heteroatoms. The van der Waals surface area contributed by atoms with Crippen molar-refractivity contribution in [2.45, 2.75) is 18.9 Å². The topological polar surface area (TPSA) is 87.0 Å². The van der Waals surface area contributed by atoms with Crippen molar-refractivity contribution in [3.05, 3.63) is 30.5 Å². The number of halogens is 3. The van der Waals surface area contributed by atoms with E-state index >= 15 is 0 Å². The van der Waals surface area contributed by atoms with Crippen molar-refractivity contribution in [2.75, 3.05) is 13.2 Å². The average molecular weight is 384 g/mol. The molecule has 0 spiro atoms. The number of amides is 1. The number of alkyl halides is 3. The Morgan fingerprint density at radius 3 is 2.74 bits per heavy atom. The van der Waals surface area contributed by atoms with Crippen molar-refractivity contribution in [3.8, 4) is 17.5 Å². The molecule has 1 unspecified atom stereocenters. The van der Waals surface area contributed by atoms with Gasteiger partial charge >= 0.3 is 6.36 Å². The van der Waals surface area contributed by atoms with Gasteiger partial charge in [-0.05, 0) is 31.0 Å². The van der Waals surface area contributed by atoms with E-state index in [1.807, 2.05) is 0 Å². The molecular formula is C16H15F3N4O4. The number of aliphatic imine (C=N–C) groups is 1. The standard InChI is InChI=1S/C16H15F3N4O4/c1-20-13-7-23-6-10(8-26-15(23)22-13)21-14(24)9-25-11-2-4-12(5-3-11)27-16(17,18)19/h2-5,7,10H,1,6,8-9H2,(H,21,24). The van der Waals surface area contributed by atoms with Gasteiger partial charge in [0.25, 0.3) is 11.9 Å². The molecular weight excluding hydrogens is 369 g/mol. The average Bonchev–Trinajstić information content (AvgIpc) is 3.02. The van der Waals surface area contributed by atoms with Crippen LogP contribution >= 0.6 is 0 Å². The number of imidazole rings is 1. The molecule has 0 saturated heterocycles. The fourth-order valence-corrected chi connectivity index (χ4v) is 2.42. The van der Waals surface area contributed by atoms with Gasteiger partial charge in [0.1, 0.15) is 18.1 Å². The highest BCUT2D eigenvalue weighted by atomic mass is 19.4. The Morgan fingerprint density at radius 2 is 2.07 bits per heavy atom. The van der Waals surface area contributed by atoms with Crippen LogP contribution in [0, 0.1) is 0 Å². The molecule has 27 heavy (non-hydrogen) atoms. The molecule has 1 aromatic carbocycles. The Bertz CT molecular complexity index is 820. The first-order valence-electron chi connectivity index (χ1n) is 7.77. The Morgan fingerprint density at radius 1 is 1.37 bits per heavy atom. The number of carbonyl (C=O) groups is 1. The Balaban J connectivity index is 1.46. The highest BCUT2D eigenvalue weighted by Gasteiger charge is 2.31. The summed E-state index contributed by atoms with van der Waals surface area (Å²) in [4.78, 5) is 19.8. The molecule has 2 heterocycles. The van der Waals surface area contributed by atoms with E-state index < -0.39 is 12.3 Å². The number of ether oxygens (including phenoxy) is 3. The van der Waals surface area contributed by atoms with Crippen LogP contribution in [0.5, 0.6) is 17.5 Å². The minimum absolute atomic E-state index is 0.234. The number of benzene rings is 1. The van der Waals surface area contributed by atoms with Crippen LogP contribution in [0.15, 0.2) is 35.5 Å². The first-order chi connectivity index (χ1) is 12.8. The number of hydrogen-bond donors (Lipinski definition) is 1. The molecule has 8 nitrogen and oxygen atoms in total. The van der Waals surface area contributed by atoms with Gasteiger partial charge in [0, 0.05) is 0 Å². The van der Waals surface area contributed by atoms with Crippen molar-refractivity contribution in [1.82, 2.24) is 14.9 Å². The van der Waals surface area contributed by atoms with Gasteiger partial charge in [-0.1, -0.05) is 0 Å². The molecule has 2 aromatic rings. The second-order valence-corrected chi connectivity index (χ2v) is 5.58. The van der Waals surface area contributed by atoms with Crippen LogP contribution in [-0.2, 0) is 11.3 Å². The molecule has 1 aliphatic rings. The molecule has 1 aromatic heterocycles. The minimum atomic E-state index is -4.76. The monoisotopic (exact) mass is 384 g/mol. The van der Waals surface area contributed by atoms with E-state index in [-0.39, 0.29) is 30.8 Å². The van der Waals surface area contributed by atoms with Gasteiger partial charge in [0.05, 0.1) is 18.8 Å². The molecule has 0 saturated carbocycles. The van der Waals surface area contributed by atoms with E-state index in [2.05, 4.69) is 26.7 Å². The summed E-state index contributed by atoms with van der Waals surface area (Å²) >= 11 is 0. The quantitative estimate of drug-likeness (QED) is 0.771. The predicted octanol–water partition coefficient (Wildman–Crippen LogP) is 2.07. The summed E-state index contributed by atoms with van der Waals surface area (Å²) in [5.74, 6) is -0.107. The molecule has 0 fully saturated rings. The summed E-state index contributed by atoms with van der Waals surface area (Å²) in [6.07, 6.45) is -3.11. The minimum Gasteiger partial charge on any atom is -0.484 e. The summed E-state index contributed by atoms with van der Waals surface area (Å²) in [6, 6.07) is 4.87. The molecule has 1 amide bonds. The van der Waals surface area contributed by atoms with Crippen molar-refractivity contribution in [2.24, 2.45) is 4.99 Å². The predicted molar refractivity (Wildman–Crippen MR) is 87.5 cm³/mol. The highest BCUT2D eigenvalue weighted by Crippen LogP contribution is 2.25. The number of hydrogen-bond acceptors (Lipinski definition) is 6. The Labute approximate surface area is 151 Å². The third kappa shape index (κ3) is 5.12. The maximum atomic E-state index is 12.1. The number of nitrogens with one attached hydrogen (secondary N) is 1. The zero-order valence-corrected chi connectivity index (χ0v) is 13.9. The largest absolute Gasteiger partial charge is 0.573 e. The van der Waals surface area contributed by atoms with Gasteiger partial charge in [0.15, 0.2) is 12.4 Å². The van der Waals surface area contributed by atoms with Crippen molar-refractivity contribution < 1.29 is 32.2 Å². The molecule has 144 valence electrons. The maximum Gasteiger partial charge on any atom is 0.573 e. The SMILES string of the molecule is C=Nc1cn2c(n1)OCC(NC(=O)COc1ccc(OC(F)(F)F)cc1)C2. The van der Waals surface area contributed by atoms with Gasteiger partial charge in [-0.2, -0.15) is 4.98 Å². The summed E-state index contributed by atoms with van der Waals surface area (Å²) in [6.45, 7) is 3.78. The lowest BCUT2D eigenvalue weighted by Crippen LogP contribution is -2.46. The maximum absolute atomic E-state index is 12.1. The number of carbonyl (C=O) groups excluding carboxylic acids is 1. The summed E-state index contributed by atoms with van der Waals surface area (Å²) < 4.78 is 52.5. The number of fused-ring (bicyclic) bond motifs is 1. The smallest absolute Gasteiger partial charge is 0.484 e. The van der Waals surface area contributed by atoms with E-state index in [1.165, 1.54) is 12.1 Å². The molecule has 1 aliphatic heterocycles. The Kier molecular flexibility index (Phi) is 5.19. The van der Waals surface area contributed by atoms with E-state index in [0.29, 0.717) is 18.4 Å². The molecule has 1 atom stereocenters. The van der Waals surface area contributed by atoms with Crippen LogP contribution in [0.1, 0.15) is 0 Å². The van der Waals surface area contributed by atoms with E-state index in [1.54, 1.807) is 10.8 Å². The van der Waals surface area contributed by atoms with Gasteiger partial charge < -0.3 is 19.5 Å². The second kappa shape index (κ2) is 7.56. The third-order valence-electron chi connectivity index (χ3n) is 3.51. The van der Waals surface area contributed by atoms with Crippen LogP contribution in [0.4, 0.5) is 19.0 Å². The van der Waals surface area contributed by atoms with Gasteiger partial charge in [-0.25, -0.2) is 4.99 Å².